The molecule has 0 aliphatic carbocycles. The lowest BCUT2D eigenvalue weighted by molar-refractivity contribution is 0.0946. The summed E-state index contributed by atoms with van der Waals surface area (Å²) in [5.41, 5.74) is 8.25. The SMILES string of the molecule is CC(C)(C)c1ccc(C(=O)N/N=C\C=N\NC(=O)c2ccc(C(C)(C)C)cc2)cc1. The van der Waals surface area contributed by atoms with Crippen LogP contribution in [0.2, 0.25) is 0 Å². The van der Waals surface area contributed by atoms with Crippen LogP contribution in [0.25, 0.3) is 0 Å². The highest BCUT2D eigenvalue weighted by molar-refractivity contribution is 6.16. The lowest BCUT2D eigenvalue weighted by Crippen LogP contribution is -2.19. The number of rotatable bonds is 5. The Labute approximate surface area is 178 Å². The third kappa shape index (κ3) is 6.65. The van der Waals surface area contributed by atoms with Crippen LogP contribution >= 0.6 is 0 Å². The number of amides is 2. The van der Waals surface area contributed by atoms with Gasteiger partial charge < -0.3 is 0 Å². The van der Waals surface area contributed by atoms with Crippen LogP contribution in [0.1, 0.15) is 73.4 Å². The second kappa shape index (κ2) is 9.48. The maximum absolute atomic E-state index is 12.1. The van der Waals surface area contributed by atoms with Crippen molar-refractivity contribution in [1.29, 1.82) is 0 Å². The Kier molecular flexibility index (Phi) is 7.27. The Morgan fingerprint density at radius 1 is 0.633 bits per heavy atom. The number of benzene rings is 2. The predicted molar refractivity (Wildman–Crippen MR) is 122 cm³/mol. The van der Waals surface area contributed by atoms with Crippen molar-refractivity contribution in [3.05, 3.63) is 70.8 Å². The molecule has 2 aromatic carbocycles. The van der Waals surface area contributed by atoms with E-state index < -0.39 is 0 Å². The number of hydrogen-bond acceptors (Lipinski definition) is 4. The molecule has 0 unspecified atom stereocenters. The third-order valence-electron chi connectivity index (χ3n) is 4.57. The monoisotopic (exact) mass is 406 g/mol. The van der Waals surface area contributed by atoms with Crippen LogP contribution in [0.5, 0.6) is 0 Å². The molecule has 0 saturated carbocycles. The largest absolute Gasteiger partial charge is 0.271 e. The van der Waals surface area contributed by atoms with E-state index in [4.69, 9.17) is 0 Å². The van der Waals surface area contributed by atoms with E-state index in [0.29, 0.717) is 11.1 Å². The van der Waals surface area contributed by atoms with Gasteiger partial charge in [-0.2, -0.15) is 10.2 Å². The Hall–Kier alpha value is -3.28. The quantitative estimate of drug-likeness (QED) is 0.569. The average Bonchev–Trinajstić information content (AvgIpc) is 2.69. The number of nitrogens with zero attached hydrogens (tertiary/aromatic N) is 2. The normalized spacial score (nSPS) is 12.3. The first-order valence-electron chi connectivity index (χ1n) is 9.85. The zero-order valence-electron chi connectivity index (χ0n) is 18.5. The van der Waals surface area contributed by atoms with Gasteiger partial charge in [-0.1, -0.05) is 65.8 Å². The van der Waals surface area contributed by atoms with E-state index in [0.717, 1.165) is 11.1 Å². The van der Waals surface area contributed by atoms with Crippen LogP contribution in [0, 0.1) is 0 Å². The average molecular weight is 407 g/mol. The fourth-order valence-electron chi connectivity index (χ4n) is 2.63. The molecule has 6 heteroatoms. The highest BCUT2D eigenvalue weighted by atomic mass is 16.2. The lowest BCUT2D eigenvalue weighted by Gasteiger charge is -2.18. The highest BCUT2D eigenvalue weighted by Gasteiger charge is 2.15. The van der Waals surface area contributed by atoms with Crippen molar-refractivity contribution in [2.24, 2.45) is 10.2 Å². The van der Waals surface area contributed by atoms with Gasteiger partial charge >= 0.3 is 0 Å². The van der Waals surface area contributed by atoms with Crippen molar-refractivity contribution in [2.45, 2.75) is 52.4 Å². The molecule has 2 rings (SSSR count). The van der Waals surface area contributed by atoms with Gasteiger partial charge in [0.2, 0.25) is 0 Å². The summed E-state index contributed by atoms with van der Waals surface area (Å²) in [6.45, 7) is 12.7. The van der Waals surface area contributed by atoms with Gasteiger partial charge in [-0.25, -0.2) is 10.9 Å². The molecule has 0 spiro atoms. The number of carbonyl (C=O) groups is 2. The summed E-state index contributed by atoms with van der Waals surface area (Å²) in [7, 11) is 0. The molecular formula is C24H30N4O2. The van der Waals surface area contributed by atoms with Gasteiger partial charge in [0.1, 0.15) is 0 Å². The Balaban J connectivity index is 1.82. The number of hydrazone groups is 2. The molecule has 2 N–H and O–H groups in total. The minimum absolute atomic E-state index is 0.0304. The molecule has 0 heterocycles. The molecule has 0 fully saturated rings. The van der Waals surface area contributed by atoms with Crippen LogP contribution in [0.3, 0.4) is 0 Å². The fraction of sp³-hybridized carbons (Fsp3) is 0.333. The van der Waals surface area contributed by atoms with Gasteiger partial charge in [0.15, 0.2) is 0 Å². The number of hydrogen-bond donors (Lipinski definition) is 2. The molecule has 2 aromatic rings. The molecule has 0 saturated heterocycles. The minimum atomic E-state index is -0.317. The standard InChI is InChI=1S/C24H30N4O2/c1-23(2,3)19-11-7-17(8-12-19)21(29)27-25-15-16-26-28-22(30)18-9-13-20(14-10-18)24(4,5)6/h7-16H,1-6H3,(H,27,29)(H,28,30)/b25-15-,26-16+. The molecule has 158 valence electrons. The van der Waals surface area contributed by atoms with Crippen molar-refractivity contribution in [3.63, 3.8) is 0 Å². The van der Waals surface area contributed by atoms with E-state index in [1.807, 2.05) is 24.3 Å². The lowest BCUT2D eigenvalue weighted by atomic mass is 9.87. The van der Waals surface area contributed by atoms with Crippen LogP contribution in [-0.2, 0) is 10.8 Å². The van der Waals surface area contributed by atoms with Gasteiger partial charge in [0.05, 0.1) is 12.4 Å². The van der Waals surface area contributed by atoms with Gasteiger partial charge in [-0.05, 0) is 46.2 Å². The Morgan fingerprint density at radius 3 is 1.20 bits per heavy atom. The van der Waals surface area contributed by atoms with Gasteiger partial charge in [0.25, 0.3) is 11.8 Å². The minimum Gasteiger partial charge on any atom is -0.267 e. The van der Waals surface area contributed by atoms with Gasteiger partial charge in [0, 0.05) is 11.1 Å². The van der Waals surface area contributed by atoms with Crippen LogP contribution < -0.4 is 10.9 Å². The zero-order chi connectivity index (χ0) is 22.4. The Morgan fingerprint density at radius 2 is 0.933 bits per heavy atom. The van der Waals surface area contributed by atoms with E-state index in [9.17, 15) is 9.59 Å². The summed E-state index contributed by atoms with van der Waals surface area (Å²) in [6.07, 6.45) is 2.59. The second-order valence-corrected chi connectivity index (χ2v) is 9.09. The molecule has 0 aliphatic rings. The van der Waals surface area contributed by atoms with Gasteiger partial charge in [-0.3, -0.25) is 9.59 Å². The molecule has 2 amide bonds. The van der Waals surface area contributed by atoms with Crippen molar-refractivity contribution in [2.75, 3.05) is 0 Å². The van der Waals surface area contributed by atoms with E-state index in [2.05, 4.69) is 62.6 Å². The predicted octanol–water partition coefficient (Wildman–Crippen LogP) is 4.41. The first-order valence-corrected chi connectivity index (χ1v) is 9.85. The summed E-state index contributed by atoms with van der Waals surface area (Å²) in [5.74, 6) is -0.633. The maximum Gasteiger partial charge on any atom is 0.271 e. The molecule has 0 atom stereocenters. The van der Waals surface area contributed by atoms with Crippen LogP contribution in [0.15, 0.2) is 58.7 Å². The van der Waals surface area contributed by atoms with Crippen molar-refractivity contribution >= 4 is 24.2 Å². The zero-order valence-corrected chi connectivity index (χ0v) is 18.5. The van der Waals surface area contributed by atoms with Gasteiger partial charge in [-0.15, -0.1) is 0 Å². The Bertz CT molecular complexity index is 850. The van der Waals surface area contributed by atoms with E-state index in [1.165, 1.54) is 12.4 Å². The number of carbonyl (C=O) groups excluding carboxylic acids is 2. The van der Waals surface area contributed by atoms with Crippen molar-refractivity contribution in [1.82, 2.24) is 10.9 Å². The number of nitrogens with one attached hydrogen (secondary N) is 2. The molecule has 0 aliphatic heterocycles. The summed E-state index contributed by atoms with van der Waals surface area (Å²) in [5, 5.41) is 7.60. The molecule has 0 radical (unpaired) electrons. The summed E-state index contributed by atoms with van der Waals surface area (Å²) >= 11 is 0. The molecule has 6 nitrogen and oxygen atoms in total. The van der Waals surface area contributed by atoms with Crippen molar-refractivity contribution < 1.29 is 9.59 Å². The summed E-state index contributed by atoms with van der Waals surface area (Å²) in [6, 6.07) is 14.8. The highest BCUT2D eigenvalue weighted by Crippen LogP contribution is 2.23. The van der Waals surface area contributed by atoms with Crippen LogP contribution in [0.4, 0.5) is 0 Å². The smallest absolute Gasteiger partial charge is 0.267 e. The van der Waals surface area contributed by atoms with E-state index >= 15 is 0 Å². The molecule has 0 bridgehead atoms. The summed E-state index contributed by atoms with van der Waals surface area (Å²) in [4.78, 5) is 24.2. The maximum atomic E-state index is 12.1. The molecule has 30 heavy (non-hydrogen) atoms. The topological polar surface area (TPSA) is 82.9 Å². The first kappa shape index (κ1) is 23.0. The third-order valence-corrected chi connectivity index (χ3v) is 4.57. The molecular weight excluding hydrogens is 376 g/mol. The first-order chi connectivity index (χ1) is 14.0. The molecule has 0 aromatic heterocycles. The van der Waals surface area contributed by atoms with E-state index in [1.54, 1.807) is 24.3 Å². The summed E-state index contributed by atoms with van der Waals surface area (Å²) < 4.78 is 0. The fourth-order valence-corrected chi connectivity index (χ4v) is 2.63. The van der Waals surface area contributed by atoms with Crippen molar-refractivity contribution in [3.8, 4) is 0 Å². The van der Waals surface area contributed by atoms with E-state index in [-0.39, 0.29) is 22.6 Å². The van der Waals surface area contributed by atoms with Crippen LogP contribution in [-0.4, -0.2) is 24.2 Å². The second-order valence-electron chi connectivity index (χ2n) is 9.09.